The Morgan fingerprint density at radius 1 is 1.06 bits per heavy atom. The summed E-state index contributed by atoms with van der Waals surface area (Å²) in [6.07, 6.45) is 0. The first-order chi connectivity index (χ1) is 8.08. The normalized spacial score (nSPS) is 10.6. The Hall–Kier alpha value is -1.97. The predicted octanol–water partition coefficient (Wildman–Crippen LogP) is 2.16. The van der Waals surface area contributed by atoms with E-state index >= 15 is 0 Å². The molecule has 4 heteroatoms. The van der Waals surface area contributed by atoms with Crippen LogP contribution >= 0.6 is 0 Å². The van der Waals surface area contributed by atoms with Gasteiger partial charge in [-0.3, -0.25) is 4.79 Å². The molecule has 0 radical (unpaired) electrons. The lowest BCUT2D eigenvalue weighted by atomic mass is 10.0. The molecule has 1 heterocycles. The number of nitrogens with one attached hydrogen (secondary N) is 1. The molecule has 0 bridgehead atoms. The van der Waals surface area contributed by atoms with Crippen LogP contribution in [-0.4, -0.2) is 19.2 Å². The van der Waals surface area contributed by atoms with Crippen LogP contribution in [0.25, 0.3) is 10.9 Å². The van der Waals surface area contributed by atoms with Gasteiger partial charge >= 0.3 is 0 Å². The minimum Gasteiger partial charge on any atom is -0.497 e. The van der Waals surface area contributed by atoms with Crippen LogP contribution in [0.2, 0.25) is 0 Å². The summed E-state index contributed by atoms with van der Waals surface area (Å²) in [4.78, 5) is 14.5. The molecule has 0 atom stereocenters. The van der Waals surface area contributed by atoms with Gasteiger partial charge in [0, 0.05) is 23.1 Å². The molecular formula is C13H15NO3. The summed E-state index contributed by atoms with van der Waals surface area (Å²) >= 11 is 0. The lowest BCUT2D eigenvalue weighted by Gasteiger charge is -2.11. The highest BCUT2D eigenvalue weighted by Crippen LogP contribution is 2.32. The van der Waals surface area contributed by atoms with E-state index in [1.165, 1.54) is 0 Å². The van der Waals surface area contributed by atoms with Gasteiger partial charge in [-0.25, -0.2) is 0 Å². The van der Waals surface area contributed by atoms with Crippen molar-refractivity contribution in [3.63, 3.8) is 0 Å². The van der Waals surface area contributed by atoms with Gasteiger partial charge < -0.3 is 14.5 Å². The standard InChI is InChI=1S/C13H15NO3/c1-7-8(2)13(15)14-10-5-9(16-3)6-11(17-4)12(7)10/h5-6H,1-4H3,(H,14,15). The largest absolute Gasteiger partial charge is 0.497 e. The monoisotopic (exact) mass is 233 g/mol. The molecule has 1 aromatic heterocycles. The molecule has 4 nitrogen and oxygen atoms in total. The molecule has 0 fully saturated rings. The van der Waals surface area contributed by atoms with E-state index in [2.05, 4.69) is 4.98 Å². The fourth-order valence-corrected chi connectivity index (χ4v) is 1.93. The smallest absolute Gasteiger partial charge is 0.251 e. The maximum absolute atomic E-state index is 11.7. The molecule has 0 aliphatic carbocycles. The summed E-state index contributed by atoms with van der Waals surface area (Å²) in [5, 5.41) is 0.922. The first-order valence-electron chi connectivity index (χ1n) is 5.33. The van der Waals surface area contributed by atoms with E-state index in [1.807, 2.05) is 13.0 Å². The summed E-state index contributed by atoms with van der Waals surface area (Å²) in [5.74, 6) is 1.37. The fourth-order valence-electron chi connectivity index (χ4n) is 1.93. The van der Waals surface area contributed by atoms with Gasteiger partial charge in [0.1, 0.15) is 11.5 Å². The third-order valence-electron chi connectivity index (χ3n) is 3.06. The van der Waals surface area contributed by atoms with E-state index < -0.39 is 0 Å². The number of pyridine rings is 1. The average molecular weight is 233 g/mol. The number of rotatable bonds is 2. The molecule has 1 N–H and O–H groups in total. The average Bonchev–Trinajstić information content (AvgIpc) is 2.34. The van der Waals surface area contributed by atoms with Crippen molar-refractivity contribution in [2.45, 2.75) is 13.8 Å². The number of methoxy groups -OCH3 is 2. The van der Waals surface area contributed by atoms with Crippen LogP contribution in [0.3, 0.4) is 0 Å². The Bertz CT molecular complexity index is 629. The molecule has 90 valence electrons. The second-order valence-electron chi connectivity index (χ2n) is 3.96. The topological polar surface area (TPSA) is 51.3 Å². The van der Waals surface area contributed by atoms with E-state index in [-0.39, 0.29) is 5.56 Å². The van der Waals surface area contributed by atoms with E-state index in [4.69, 9.17) is 9.47 Å². The second kappa shape index (κ2) is 4.13. The van der Waals surface area contributed by atoms with Crippen LogP contribution in [0, 0.1) is 13.8 Å². The van der Waals surface area contributed by atoms with Crippen molar-refractivity contribution in [2.75, 3.05) is 14.2 Å². The van der Waals surface area contributed by atoms with Gasteiger partial charge in [-0.2, -0.15) is 0 Å². The molecule has 0 amide bonds. The summed E-state index contributed by atoms with van der Waals surface area (Å²) in [6, 6.07) is 3.61. The van der Waals surface area contributed by atoms with Crippen LogP contribution in [0.15, 0.2) is 16.9 Å². The zero-order chi connectivity index (χ0) is 12.6. The van der Waals surface area contributed by atoms with Gasteiger partial charge in [-0.05, 0) is 19.4 Å². The highest BCUT2D eigenvalue weighted by molar-refractivity contribution is 5.90. The Morgan fingerprint density at radius 2 is 1.76 bits per heavy atom. The Kier molecular flexibility index (Phi) is 2.79. The Balaban J connectivity index is 2.94. The lowest BCUT2D eigenvalue weighted by molar-refractivity contribution is 0.397. The van der Waals surface area contributed by atoms with Crippen LogP contribution in [-0.2, 0) is 0 Å². The number of ether oxygens (including phenoxy) is 2. The van der Waals surface area contributed by atoms with E-state index in [0.29, 0.717) is 17.1 Å². The van der Waals surface area contributed by atoms with Gasteiger partial charge in [0.15, 0.2) is 0 Å². The minimum absolute atomic E-state index is 0.0784. The molecule has 2 aromatic rings. The number of aryl methyl sites for hydroxylation is 1. The van der Waals surface area contributed by atoms with Crippen molar-refractivity contribution in [3.8, 4) is 11.5 Å². The van der Waals surface area contributed by atoms with Crippen molar-refractivity contribution in [3.05, 3.63) is 33.6 Å². The third kappa shape index (κ3) is 1.75. The summed E-state index contributed by atoms with van der Waals surface area (Å²) < 4.78 is 10.5. The van der Waals surface area contributed by atoms with Crippen molar-refractivity contribution in [1.29, 1.82) is 0 Å². The number of H-pyrrole nitrogens is 1. The quantitative estimate of drug-likeness (QED) is 0.864. The number of aromatic nitrogens is 1. The van der Waals surface area contributed by atoms with Crippen LogP contribution in [0.5, 0.6) is 11.5 Å². The number of hydrogen-bond donors (Lipinski definition) is 1. The highest BCUT2D eigenvalue weighted by atomic mass is 16.5. The summed E-state index contributed by atoms with van der Waals surface area (Å²) in [7, 11) is 3.19. The fraction of sp³-hybridized carbons (Fsp3) is 0.308. The second-order valence-corrected chi connectivity index (χ2v) is 3.96. The number of aromatic amines is 1. The van der Waals surface area contributed by atoms with Gasteiger partial charge in [-0.15, -0.1) is 0 Å². The molecule has 0 unspecified atom stereocenters. The SMILES string of the molecule is COc1cc(OC)c2c(C)c(C)c(=O)[nH]c2c1. The van der Waals surface area contributed by atoms with E-state index in [1.54, 1.807) is 27.2 Å². The summed E-state index contributed by atoms with van der Waals surface area (Å²) in [5.41, 5.74) is 2.30. The van der Waals surface area contributed by atoms with Gasteiger partial charge in [0.25, 0.3) is 5.56 Å². The molecule has 2 rings (SSSR count). The minimum atomic E-state index is -0.0784. The van der Waals surface area contributed by atoms with Gasteiger partial charge in [0.05, 0.1) is 19.7 Å². The van der Waals surface area contributed by atoms with Crippen molar-refractivity contribution < 1.29 is 9.47 Å². The molecule has 17 heavy (non-hydrogen) atoms. The first kappa shape index (κ1) is 11.5. The van der Waals surface area contributed by atoms with E-state index in [9.17, 15) is 4.79 Å². The van der Waals surface area contributed by atoms with Gasteiger partial charge in [0.2, 0.25) is 0 Å². The van der Waals surface area contributed by atoms with Crippen LogP contribution < -0.4 is 15.0 Å². The van der Waals surface area contributed by atoms with E-state index in [0.717, 1.165) is 16.5 Å². The number of benzene rings is 1. The maximum atomic E-state index is 11.7. The molecule has 0 saturated heterocycles. The van der Waals surface area contributed by atoms with Crippen molar-refractivity contribution >= 4 is 10.9 Å². The zero-order valence-corrected chi connectivity index (χ0v) is 10.4. The third-order valence-corrected chi connectivity index (χ3v) is 3.06. The lowest BCUT2D eigenvalue weighted by Crippen LogP contribution is -2.11. The van der Waals surface area contributed by atoms with Gasteiger partial charge in [-0.1, -0.05) is 0 Å². The maximum Gasteiger partial charge on any atom is 0.251 e. The molecule has 1 aromatic carbocycles. The van der Waals surface area contributed by atoms with Crippen molar-refractivity contribution in [1.82, 2.24) is 4.98 Å². The molecule has 0 saturated carbocycles. The summed E-state index contributed by atoms with van der Waals surface area (Å²) in [6.45, 7) is 3.72. The number of fused-ring (bicyclic) bond motifs is 1. The Labute approximate surface area is 99.2 Å². The van der Waals surface area contributed by atoms with Crippen molar-refractivity contribution in [2.24, 2.45) is 0 Å². The first-order valence-corrected chi connectivity index (χ1v) is 5.33. The van der Waals surface area contributed by atoms with Crippen LogP contribution in [0.4, 0.5) is 0 Å². The Morgan fingerprint density at radius 3 is 2.35 bits per heavy atom. The molecular weight excluding hydrogens is 218 g/mol. The highest BCUT2D eigenvalue weighted by Gasteiger charge is 2.11. The molecule has 0 aliphatic heterocycles. The number of hydrogen-bond acceptors (Lipinski definition) is 3. The molecule has 0 aliphatic rings. The molecule has 0 spiro atoms. The zero-order valence-electron chi connectivity index (χ0n) is 10.4. The predicted molar refractivity (Wildman–Crippen MR) is 67.1 cm³/mol. The van der Waals surface area contributed by atoms with Crippen LogP contribution in [0.1, 0.15) is 11.1 Å².